The molecule has 0 N–H and O–H groups in total. The first-order chi connectivity index (χ1) is 18.2. The Morgan fingerprint density at radius 1 is 0.795 bits per heavy atom. The number of alkyl halides is 6. The van der Waals surface area contributed by atoms with E-state index in [4.69, 9.17) is 4.42 Å². The normalized spacial score (nSPS) is 12.1. The molecule has 3 aromatic carbocycles. The van der Waals surface area contributed by atoms with Crippen molar-refractivity contribution in [1.29, 1.82) is 0 Å². The van der Waals surface area contributed by atoms with Crippen LogP contribution in [0, 0.1) is 6.92 Å². The number of benzene rings is 3. The number of fused-ring (bicyclic) bond motifs is 1. The second-order valence-electron chi connectivity index (χ2n) is 9.41. The molecule has 0 bridgehead atoms. The van der Waals surface area contributed by atoms with E-state index in [9.17, 15) is 35.9 Å². The van der Waals surface area contributed by atoms with Crippen molar-refractivity contribution in [3.8, 4) is 11.1 Å². The molecule has 0 aliphatic carbocycles. The third-order valence-electron chi connectivity index (χ3n) is 6.03. The highest BCUT2D eigenvalue weighted by Gasteiger charge is 2.31. The fraction of sp³-hybridized carbons (Fsp3) is 0.241. The summed E-state index contributed by atoms with van der Waals surface area (Å²) in [5, 5.41) is 0.740. The van der Waals surface area contributed by atoms with Crippen molar-refractivity contribution in [2.45, 2.75) is 38.7 Å². The summed E-state index contributed by atoms with van der Waals surface area (Å²) in [4.78, 5) is 27.5. The maximum atomic E-state index is 13.6. The van der Waals surface area contributed by atoms with Crippen LogP contribution in [0.2, 0.25) is 0 Å². The van der Waals surface area contributed by atoms with Crippen molar-refractivity contribution in [1.82, 2.24) is 4.90 Å². The molecule has 0 unspecified atom stereocenters. The molecule has 0 saturated carbocycles. The molecule has 4 nitrogen and oxygen atoms in total. The summed E-state index contributed by atoms with van der Waals surface area (Å²) in [6.07, 6.45) is -12.1. The third-order valence-corrected chi connectivity index (χ3v) is 6.03. The van der Waals surface area contributed by atoms with Gasteiger partial charge >= 0.3 is 18.0 Å². The van der Waals surface area contributed by atoms with Crippen LogP contribution in [0.1, 0.15) is 32.8 Å². The van der Waals surface area contributed by atoms with E-state index in [2.05, 4.69) is 0 Å². The standard InChI is InChI=1S/C29H23F6NO3/c1-17-8-9-22-23(10-17)24(21-6-4-3-5-7-21)25(39-27(22)38)26(37)36(2)16-20-12-18(14-28(30,31)32)11-19(13-20)15-29(33,34)35/h3-13H,14-16H2,1-2H3. The summed E-state index contributed by atoms with van der Waals surface area (Å²) < 4.78 is 83.6. The monoisotopic (exact) mass is 547 g/mol. The lowest BCUT2D eigenvalue weighted by molar-refractivity contribution is -0.127. The minimum Gasteiger partial charge on any atom is -0.416 e. The number of rotatable bonds is 6. The number of hydrogen-bond acceptors (Lipinski definition) is 3. The molecule has 4 rings (SSSR count). The van der Waals surface area contributed by atoms with Gasteiger partial charge in [0.25, 0.3) is 5.91 Å². The van der Waals surface area contributed by atoms with E-state index in [-0.39, 0.29) is 34.4 Å². The number of carbonyl (C=O) groups excluding carboxylic acids is 1. The highest BCUT2D eigenvalue weighted by atomic mass is 19.4. The summed E-state index contributed by atoms with van der Waals surface area (Å²) in [6, 6.07) is 16.9. The largest absolute Gasteiger partial charge is 0.416 e. The van der Waals surface area contributed by atoms with Crippen LogP contribution in [0.5, 0.6) is 0 Å². The second-order valence-corrected chi connectivity index (χ2v) is 9.41. The first kappa shape index (κ1) is 27.9. The van der Waals surface area contributed by atoms with Crippen molar-refractivity contribution in [3.05, 3.63) is 105 Å². The Balaban J connectivity index is 1.77. The van der Waals surface area contributed by atoms with Gasteiger partial charge in [0.2, 0.25) is 5.76 Å². The number of amides is 1. The lowest BCUT2D eigenvalue weighted by atomic mass is 9.96. The van der Waals surface area contributed by atoms with Gasteiger partial charge in [-0.2, -0.15) is 26.3 Å². The molecular formula is C29H23F6NO3. The van der Waals surface area contributed by atoms with Crippen LogP contribution in [0.3, 0.4) is 0 Å². The van der Waals surface area contributed by atoms with E-state index in [1.807, 2.05) is 6.92 Å². The van der Waals surface area contributed by atoms with E-state index in [1.165, 1.54) is 7.05 Å². The van der Waals surface area contributed by atoms with Gasteiger partial charge in [-0.1, -0.05) is 66.2 Å². The summed E-state index contributed by atoms with van der Waals surface area (Å²) in [7, 11) is 1.33. The number of hydrogen-bond donors (Lipinski definition) is 0. The molecule has 1 amide bonds. The summed E-state index contributed by atoms with van der Waals surface area (Å²) in [5.41, 5.74) is 0.405. The molecule has 1 heterocycles. The number of carbonyl (C=O) groups is 1. The minimum atomic E-state index is -4.63. The highest BCUT2D eigenvalue weighted by Crippen LogP contribution is 2.33. The van der Waals surface area contributed by atoms with Crippen molar-refractivity contribution < 1.29 is 35.6 Å². The Hall–Kier alpha value is -4.08. The quantitative estimate of drug-likeness (QED) is 0.239. The van der Waals surface area contributed by atoms with Gasteiger partial charge in [-0.25, -0.2) is 4.79 Å². The fourth-order valence-corrected chi connectivity index (χ4v) is 4.52. The Morgan fingerprint density at radius 2 is 1.36 bits per heavy atom. The molecule has 0 saturated heterocycles. The predicted octanol–water partition coefficient (Wildman–Crippen LogP) is 7.25. The van der Waals surface area contributed by atoms with E-state index in [0.717, 1.165) is 28.7 Å². The average Bonchev–Trinajstić information content (AvgIpc) is 2.81. The third kappa shape index (κ3) is 6.87. The van der Waals surface area contributed by atoms with Gasteiger partial charge in [0.1, 0.15) is 0 Å². The van der Waals surface area contributed by atoms with Crippen LogP contribution in [0.25, 0.3) is 21.9 Å². The molecule has 1 aromatic heterocycles. The Bertz CT molecular complexity index is 1540. The molecule has 0 aliphatic heterocycles. The highest BCUT2D eigenvalue weighted by molar-refractivity contribution is 6.07. The van der Waals surface area contributed by atoms with Crippen molar-refractivity contribution in [2.75, 3.05) is 7.05 Å². The number of aryl methyl sites for hydroxylation is 1. The zero-order valence-corrected chi connectivity index (χ0v) is 20.9. The molecule has 4 aromatic rings. The van der Waals surface area contributed by atoms with E-state index in [0.29, 0.717) is 16.5 Å². The molecule has 39 heavy (non-hydrogen) atoms. The maximum absolute atomic E-state index is 13.6. The van der Waals surface area contributed by atoms with Crippen molar-refractivity contribution in [2.24, 2.45) is 0 Å². The Kier molecular flexibility index (Phi) is 7.59. The molecule has 0 spiro atoms. The lowest BCUT2D eigenvalue weighted by Gasteiger charge is -2.20. The fourth-order valence-electron chi connectivity index (χ4n) is 4.52. The first-order valence-corrected chi connectivity index (χ1v) is 11.8. The van der Waals surface area contributed by atoms with Gasteiger partial charge < -0.3 is 9.32 Å². The molecule has 0 atom stereocenters. The Morgan fingerprint density at radius 3 is 1.92 bits per heavy atom. The summed E-state index contributed by atoms with van der Waals surface area (Å²) in [6.45, 7) is 1.50. The average molecular weight is 547 g/mol. The molecule has 10 heteroatoms. The van der Waals surface area contributed by atoms with Gasteiger partial charge in [-0.05, 0) is 35.2 Å². The van der Waals surface area contributed by atoms with Crippen LogP contribution in [-0.2, 0) is 19.4 Å². The van der Waals surface area contributed by atoms with Gasteiger partial charge in [-0.3, -0.25) is 4.79 Å². The van der Waals surface area contributed by atoms with Gasteiger partial charge in [0.15, 0.2) is 0 Å². The molecule has 0 radical (unpaired) electrons. The second kappa shape index (κ2) is 10.6. The number of nitrogens with zero attached hydrogens (tertiary/aromatic N) is 1. The molecule has 204 valence electrons. The summed E-state index contributed by atoms with van der Waals surface area (Å²) in [5.74, 6) is -1.04. The van der Waals surface area contributed by atoms with Crippen LogP contribution < -0.4 is 5.63 Å². The summed E-state index contributed by atoms with van der Waals surface area (Å²) >= 11 is 0. The topological polar surface area (TPSA) is 50.5 Å². The van der Waals surface area contributed by atoms with E-state index in [1.54, 1.807) is 48.5 Å². The smallest absolute Gasteiger partial charge is 0.393 e. The van der Waals surface area contributed by atoms with Crippen LogP contribution >= 0.6 is 0 Å². The Labute approximate surface area is 219 Å². The zero-order valence-electron chi connectivity index (χ0n) is 20.9. The van der Waals surface area contributed by atoms with Gasteiger partial charge in [0.05, 0.1) is 18.2 Å². The van der Waals surface area contributed by atoms with Crippen LogP contribution in [0.4, 0.5) is 26.3 Å². The molecular weight excluding hydrogens is 524 g/mol. The van der Waals surface area contributed by atoms with E-state index >= 15 is 0 Å². The van der Waals surface area contributed by atoms with Crippen molar-refractivity contribution in [3.63, 3.8) is 0 Å². The SMILES string of the molecule is Cc1ccc2c(=O)oc(C(=O)N(C)Cc3cc(CC(F)(F)F)cc(CC(F)(F)F)c3)c(-c3ccccc3)c2c1. The number of halogens is 6. The molecule has 0 fully saturated rings. The minimum absolute atomic E-state index is 0.0760. The van der Waals surface area contributed by atoms with Gasteiger partial charge in [0, 0.05) is 24.5 Å². The zero-order chi connectivity index (χ0) is 28.5. The lowest BCUT2D eigenvalue weighted by Crippen LogP contribution is -2.28. The van der Waals surface area contributed by atoms with Gasteiger partial charge in [-0.15, -0.1) is 0 Å². The van der Waals surface area contributed by atoms with Crippen LogP contribution in [0.15, 0.2) is 75.9 Å². The van der Waals surface area contributed by atoms with E-state index < -0.39 is 36.7 Å². The molecule has 0 aliphatic rings. The van der Waals surface area contributed by atoms with Crippen molar-refractivity contribution >= 4 is 16.7 Å². The predicted molar refractivity (Wildman–Crippen MR) is 134 cm³/mol. The maximum Gasteiger partial charge on any atom is 0.393 e. The first-order valence-electron chi connectivity index (χ1n) is 11.8. The van der Waals surface area contributed by atoms with Crippen LogP contribution in [-0.4, -0.2) is 30.2 Å².